The molecule has 0 saturated carbocycles. The molecular formula is C21H26N3O4+. The summed E-state index contributed by atoms with van der Waals surface area (Å²) in [7, 11) is 1.93. The lowest BCUT2D eigenvalue weighted by molar-refractivity contribution is -0.886. The summed E-state index contributed by atoms with van der Waals surface area (Å²) in [6, 6.07) is 13.0. The summed E-state index contributed by atoms with van der Waals surface area (Å²) in [5.74, 6) is 1.81. The second kappa shape index (κ2) is 9.23. The van der Waals surface area contributed by atoms with Gasteiger partial charge in [0.25, 0.3) is 11.8 Å². The topological polar surface area (TPSA) is 78.0 Å². The van der Waals surface area contributed by atoms with E-state index in [-0.39, 0.29) is 12.5 Å². The van der Waals surface area contributed by atoms with Gasteiger partial charge in [0.1, 0.15) is 5.52 Å². The van der Waals surface area contributed by atoms with E-state index >= 15 is 0 Å². The molecule has 148 valence electrons. The number of aromatic nitrogens is 1. The maximum absolute atomic E-state index is 12.4. The van der Waals surface area contributed by atoms with Gasteiger partial charge in [0.2, 0.25) is 0 Å². The zero-order chi connectivity index (χ0) is 19.9. The molecule has 0 aliphatic heterocycles. The third-order valence-corrected chi connectivity index (χ3v) is 4.08. The van der Waals surface area contributed by atoms with E-state index < -0.39 is 0 Å². The third kappa shape index (κ3) is 5.01. The van der Waals surface area contributed by atoms with Gasteiger partial charge < -0.3 is 24.1 Å². The highest BCUT2D eigenvalue weighted by molar-refractivity contribution is 5.91. The molecule has 1 amide bonds. The van der Waals surface area contributed by atoms with Crippen LogP contribution in [0.5, 0.6) is 11.5 Å². The number of benzene rings is 2. The molecule has 0 spiro atoms. The Balaban J connectivity index is 1.59. The van der Waals surface area contributed by atoms with Crippen LogP contribution in [0.25, 0.3) is 11.1 Å². The lowest BCUT2D eigenvalue weighted by atomic mass is 10.2. The van der Waals surface area contributed by atoms with E-state index in [2.05, 4.69) is 10.3 Å². The van der Waals surface area contributed by atoms with E-state index in [0.717, 1.165) is 16.0 Å². The highest BCUT2D eigenvalue weighted by atomic mass is 16.5. The summed E-state index contributed by atoms with van der Waals surface area (Å²) in [5, 5.41) is 2.91. The van der Waals surface area contributed by atoms with Crippen molar-refractivity contribution in [2.45, 2.75) is 20.4 Å². The first kappa shape index (κ1) is 19.7. The van der Waals surface area contributed by atoms with Gasteiger partial charge >= 0.3 is 0 Å². The van der Waals surface area contributed by atoms with Crippen LogP contribution in [0.4, 0.5) is 5.69 Å². The molecule has 0 aliphatic carbocycles. The van der Waals surface area contributed by atoms with Gasteiger partial charge in [-0.2, -0.15) is 0 Å². The fourth-order valence-electron chi connectivity index (χ4n) is 2.92. The number of carbonyl (C=O) groups is 1. The zero-order valence-corrected chi connectivity index (χ0v) is 16.5. The molecule has 0 saturated heterocycles. The highest BCUT2D eigenvalue weighted by Crippen LogP contribution is 2.30. The van der Waals surface area contributed by atoms with E-state index in [1.54, 1.807) is 12.1 Å². The van der Waals surface area contributed by atoms with E-state index in [1.807, 2.05) is 51.2 Å². The molecule has 7 heteroatoms. The lowest BCUT2D eigenvalue weighted by Gasteiger charge is -2.14. The minimum Gasteiger partial charge on any atom is -0.490 e. The van der Waals surface area contributed by atoms with Crippen molar-refractivity contribution in [3.63, 3.8) is 0 Å². The number of fused-ring (bicyclic) bond motifs is 1. The molecule has 0 aliphatic rings. The minimum absolute atomic E-state index is 0.0970. The van der Waals surface area contributed by atoms with Crippen molar-refractivity contribution in [1.29, 1.82) is 0 Å². The fourth-order valence-corrected chi connectivity index (χ4v) is 2.92. The van der Waals surface area contributed by atoms with Gasteiger partial charge in [0.15, 0.2) is 30.2 Å². The van der Waals surface area contributed by atoms with E-state index in [4.69, 9.17) is 13.9 Å². The van der Waals surface area contributed by atoms with Crippen molar-refractivity contribution >= 4 is 22.7 Å². The lowest BCUT2D eigenvalue weighted by Crippen LogP contribution is -3.08. The second-order valence-corrected chi connectivity index (χ2v) is 6.46. The van der Waals surface area contributed by atoms with Crippen LogP contribution in [0.2, 0.25) is 0 Å². The first-order valence-electron chi connectivity index (χ1n) is 9.44. The molecule has 1 atom stereocenters. The summed E-state index contributed by atoms with van der Waals surface area (Å²) >= 11 is 0. The van der Waals surface area contributed by atoms with Crippen molar-refractivity contribution in [3.8, 4) is 11.5 Å². The molecule has 1 unspecified atom stereocenters. The Hall–Kier alpha value is -3.06. The average Bonchev–Trinajstić information content (AvgIpc) is 3.06. The number of anilines is 1. The maximum atomic E-state index is 12.4. The number of ether oxygens (including phenoxy) is 2. The highest BCUT2D eigenvalue weighted by Gasteiger charge is 2.15. The van der Waals surface area contributed by atoms with Crippen molar-refractivity contribution in [2.24, 2.45) is 0 Å². The smallest absolute Gasteiger partial charge is 0.279 e. The standard InChI is InChI=1S/C21H25N3O4/c1-4-26-18-11-10-15(12-19(18)27-5-2)22-20(25)13-24(3)14-21-23-16-8-6-7-9-17(16)28-21/h6-12H,4-5,13-14H2,1-3H3,(H,22,25)/p+1. The number of quaternary nitrogens is 1. The van der Waals surface area contributed by atoms with Crippen LogP contribution in [-0.2, 0) is 11.3 Å². The number of likely N-dealkylation sites (N-methyl/N-ethyl adjacent to an activating group) is 1. The summed E-state index contributed by atoms with van der Waals surface area (Å²) in [6.07, 6.45) is 0. The number of carbonyl (C=O) groups excluding carboxylic acids is 1. The number of oxazole rings is 1. The summed E-state index contributed by atoms with van der Waals surface area (Å²) < 4.78 is 16.9. The van der Waals surface area contributed by atoms with E-state index in [0.29, 0.717) is 42.8 Å². The van der Waals surface area contributed by atoms with Gasteiger partial charge in [-0.3, -0.25) is 4.79 Å². The first-order valence-corrected chi connectivity index (χ1v) is 9.44. The van der Waals surface area contributed by atoms with Crippen LogP contribution in [0.15, 0.2) is 46.9 Å². The maximum Gasteiger partial charge on any atom is 0.279 e. The van der Waals surface area contributed by atoms with Crippen molar-refractivity contribution < 1.29 is 23.6 Å². The summed E-state index contributed by atoms with van der Waals surface area (Å²) in [6.45, 7) is 5.71. The van der Waals surface area contributed by atoms with Crippen LogP contribution >= 0.6 is 0 Å². The van der Waals surface area contributed by atoms with Gasteiger partial charge in [-0.05, 0) is 38.1 Å². The Kier molecular flexibility index (Phi) is 6.49. The Morgan fingerprint density at radius 3 is 2.61 bits per heavy atom. The molecule has 3 aromatic rings. The largest absolute Gasteiger partial charge is 0.490 e. The normalized spacial score (nSPS) is 12.0. The van der Waals surface area contributed by atoms with Gasteiger partial charge in [-0.1, -0.05) is 12.1 Å². The van der Waals surface area contributed by atoms with Crippen molar-refractivity contribution in [1.82, 2.24) is 4.98 Å². The SMILES string of the molecule is CCOc1ccc(NC(=O)C[NH+](C)Cc2nc3ccccc3o2)cc1OCC. The van der Waals surface area contributed by atoms with Gasteiger partial charge in [0.05, 0.1) is 20.3 Å². The predicted molar refractivity (Wildman–Crippen MR) is 107 cm³/mol. The predicted octanol–water partition coefficient (Wildman–Crippen LogP) is 2.28. The average molecular weight is 384 g/mol. The van der Waals surface area contributed by atoms with Crippen LogP contribution in [0.3, 0.4) is 0 Å². The Labute approximate surface area is 164 Å². The summed E-state index contributed by atoms with van der Waals surface area (Å²) in [4.78, 5) is 17.8. The van der Waals surface area contributed by atoms with Crippen molar-refractivity contribution in [3.05, 3.63) is 48.4 Å². The number of nitrogens with one attached hydrogen (secondary N) is 2. The first-order chi connectivity index (χ1) is 13.6. The molecule has 2 N–H and O–H groups in total. The fraction of sp³-hybridized carbons (Fsp3) is 0.333. The molecule has 0 fully saturated rings. The number of nitrogens with zero attached hydrogens (tertiary/aromatic N) is 1. The number of para-hydroxylation sites is 2. The monoisotopic (exact) mass is 384 g/mol. The molecule has 0 radical (unpaired) electrons. The number of hydrogen-bond acceptors (Lipinski definition) is 5. The van der Waals surface area contributed by atoms with Crippen LogP contribution in [0, 0.1) is 0 Å². The Bertz CT molecular complexity index is 905. The van der Waals surface area contributed by atoms with E-state index in [9.17, 15) is 4.79 Å². The molecule has 0 bridgehead atoms. The molecule has 1 heterocycles. The summed E-state index contributed by atoms with van der Waals surface area (Å²) in [5.41, 5.74) is 2.26. The molecule has 7 nitrogen and oxygen atoms in total. The van der Waals surface area contributed by atoms with Gasteiger partial charge in [-0.25, -0.2) is 4.98 Å². The molecule has 3 rings (SSSR count). The molecule has 1 aromatic heterocycles. The minimum atomic E-state index is -0.0970. The number of rotatable bonds is 9. The Morgan fingerprint density at radius 2 is 1.86 bits per heavy atom. The van der Waals surface area contributed by atoms with E-state index in [1.165, 1.54) is 0 Å². The molecular weight excluding hydrogens is 358 g/mol. The number of hydrogen-bond donors (Lipinski definition) is 2. The van der Waals surface area contributed by atoms with Crippen LogP contribution in [-0.4, -0.2) is 37.7 Å². The van der Waals surface area contributed by atoms with Crippen LogP contribution < -0.4 is 19.7 Å². The quantitative estimate of drug-likeness (QED) is 0.592. The van der Waals surface area contributed by atoms with Gasteiger partial charge in [-0.15, -0.1) is 0 Å². The van der Waals surface area contributed by atoms with Crippen molar-refractivity contribution in [2.75, 3.05) is 32.1 Å². The second-order valence-electron chi connectivity index (χ2n) is 6.46. The third-order valence-electron chi connectivity index (χ3n) is 4.08. The molecule has 28 heavy (non-hydrogen) atoms. The van der Waals surface area contributed by atoms with Crippen LogP contribution in [0.1, 0.15) is 19.7 Å². The van der Waals surface area contributed by atoms with Gasteiger partial charge in [0, 0.05) is 11.8 Å². The Morgan fingerprint density at radius 1 is 1.11 bits per heavy atom. The number of amides is 1. The zero-order valence-electron chi connectivity index (χ0n) is 16.5. The molecule has 2 aromatic carbocycles.